The zero-order valence-electron chi connectivity index (χ0n) is 12.9. The van der Waals surface area contributed by atoms with Crippen molar-refractivity contribution < 1.29 is 0 Å². The highest BCUT2D eigenvalue weighted by atomic mass is 15.2. The van der Waals surface area contributed by atoms with Crippen LogP contribution in [0.4, 0.5) is 11.8 Å². The van der Waals surface area contributed by atoms with Gasteiger partial charge >= 0.3 is 0 Å². The lowest BCUT2D eigenvalue weighted by molar-refractivity contribution is 0.172. The molecule has 7 heteroatoms. The monoisotopic (exact) mass is 289 g/mol. The first-order valence-corrected chi connectivity index (χ1v) is 7.45. The van der Waals surface area contributed by atoms with Crippen LogP contribution in [0.15, 0.2) is 6.33 Å². The molecule has 0 saturated heterocycles. The Labute approximate surface area is 124 Å². The summed E-state index contributed by atoms with van der Waals surface area (Å²) < 4.78 is 0. The van der Waals surface area contributed by atoms with Gasteiger partial charge in [-0.3, -0.25) is 0 Å². The van der Waals surface area contributed by atoms with E-state index in [4.69, 9.17) is 0 Å². The van der Waals surface area contributed by atoms with E-state index in [1.165, 1.54) is 25.7 Å². The second-order valence-electron chi connectivity index (χ2n) is 5.93. The summed E-state index contributed by atoms with van der Waals surface area (Å²) in [5.41, 5.74) is 1.76. The minimum Gasteiger partial charge on any atom is -0.366 e. The van der Waals surface area contributed by atoms with E-state index in [2.05, 4.69) is 49.6 Å². The highest BCUT2D eigenvalue weighted by molar-refractivity contribution is 5.83. The lowest BCUT2D eigenvalue weighted by Crippen LogP contribution is -2.47. The molecule has 0 spiro atoms. The molecular formula is C14H23N7. The van der Waals surface area contributed by atoms with Crippen LogP contribution in [-0.2, 0) is 0 Å². The van der Waals surface area contributed by atoms with Crippen molar-refractivity contribution in [3.63, 3.8) is 0 Å². The lowest BCUT2D eigenvalue weighted by Gasteiger charge is -2.36. The Morgan fingerprint density at radius 2 is 2.05 bits per heavy atom. The molecule has 0 aromatic carbocycles. The Morgan fingerprint density at radius 3 is 2.71 bits per heavy atom. The number of rotatable bonds is 5. The first-order chi connectivity index (χ1) is 10.1. The summed E-state index contributed by atoms with van der Waals surface area (Å²) in [6.45, 7) is 0.883. The summed E-state index contributed by atoms with van der Waals surface area (Å²) in [7, 11) is 6.14. The third-order valence-electron chi connectivity index (χ3n) is 4.58. The van der Waals surface area contributed by atoms with E-state index in [0.29, 0.717) is 11.6 Å². The van der Waals surface area contributed by atoms with Gasteiger partial charge in [0.05, 0.1) is 6.33 Å². The third-order valence-corrected chi connectivity index (χ3v) is 4.58. The maximum Gasteiger partial charge on any atom is 0.226 e. The SMILES string of the molecule is CNc1nc(NCC2(N(C)C)CCCC2)c2[nH]cnc2n1. The van der Waals surface area contributed by atoms with Crippen LogP contribution in [0, 0.1) is 0 Å². The predicted octanol–water partition coefficient (Wildman–Crippen LogP) is 1.68. The fraction of sp³-hybridized carbons (Fsp3) is 0.643. The smallest absolute Gasteiger partial charge is 0.226 e. The fourth-order valence-electron chi connectivity index (χ4n) is 3.14. The molecule has 3 N–H and O–H groups in total. The van der Waals surface area contributed by atoms with Gasteiger partial charge in [0.15, 0.2) is 11.5 Å². The van der Waals surface area contributed by atoms with Crippen molar-refractivity contribution in [3.05, 3.63) is 6.33 Å². The molecule has 0 amide bonds. The van der Waals surface area contributed by atoms with E-state index in [9.17, 15) is 0 Å². The largest absolute Gasteiger partial charge is 0.366 e. The molecule has 1 fully saturated rings. The van der Waals surface area contributed by atoms with Gasteiger partial charge in [0.25, 0.3) is 0 Å². The molecule has 2 heterocycles. The standard InChI is InChI=1S/C14H23N7/c1-15-13-19-11(10-12(20-13)18-9-17-10)16-8-14(21(2)3)6-4-5-7-14/h9H,4-8H2,1-3H3,(H3,15,16,17,18,19,20). The number of aromatic nitrogens is 4. The molecule has 2 aromatic rings. The highest BCUT2D eigenvalue weighted by Gasteiger charge is 2.35. The summed E-state index contributed by atoms with van der Waals surface area (Å²) in [5.74, 6) is 1.40. The van der Waals surface area contributed by atoms with Gasteiger partial charge in [0.1, 0.15) is 5.52 Å². The number of H-pyrrole nitrogens is 1. The number of nitrogens with zero attached hydrogens (tertiary/aromatic N) is 4. The Hall–Kier alpha value is -1.89. The molecule has 1 aliphatic carbocycles. The van der Waals surface area contributed by atoms with Crippen LogP contribution in [0.1, 0.15) is 25.7 Å². The number of hydrogen-bond donors (Lipinski definition) is 3. The first-order valence-electron chi connectivity index (χ1n) is 7.45. The van der Waals surface area contributed by atoms with Crippen molar-refractivity contribution in [2.24, 2.45) is 0 Å². The zero-order chi connectivity index (χ0) is 14.9. The van der Waals surface area contributed by atoms with Crippen molar-refractivity contribution in [3.8, 4) is 0 Å². The van der Waals surface area contributed by atoms with E-state index < -0.39 is 0 Å². The van der Waals surface area contributed by atoms with Crippen LogP contribution in [-0.4, -0.2) is 58.1 Å². The molecule has 2 aromatic heterocycles. The first kappa shape index (κ1) is 14.1. The second kappa shape index (κ2) is 5.48. The molecule has 114 valence electrons. The van der Waals surface area contributed by atoms with Crippen molar-refractivity contribution in [1.82, 2.24) is 24.8 Å². The third kappa shape index (κ3) is 2.53. The number of fused-ring (bicyclic) bond motifs is 1. The molecule has 0 unspecified atom stereocenters. The van der Waals surface area contributed by atoms with E-state index in [0.717, 1.165) is 17.9 Å². The van der Waals surface area contributed by atoms with Crippen LogP contribution >= 0.6 is 0 Å². The van der Waals surface area contributed by atoms with Crippen LogP contribution in [0.25, 0.3) is 11.2 Å². The van der Waals surface area contributed by atoms with Crippen LogP contribution < -0.4 is 10.6 Å². The van der Waals surface area contributed by atoms with E-state index in [1.54, 1.807) is 6.33 Å². The summed E-state index contributed by atoms with van der Waals surface area (Å²) in [5, 5.41) is 6.49. The molecule has 7 nitrogen and oxygen atoms in total. The van der Waals surface area contributed by atoms with Crippen molar-refractivity contribution in [2.45, 2.75) is 31.2 Å². The van der Waals surface area contributed by atoms with Crippen molar-refractivity contribution in [2.75, 3.05) is 38.3 Å². The number of likely N-dealkylation sites (N-methyl/N-ethyl adjacent to an activating group) is 1. The van der Waals surface area contributed by atoms with Gasteiger partial charge in [-0.15, -0.1) is 0 Å². The molecule has 21 heavy (non-hydrogen) atoms. The summed E-state index contributed by atoms with van der Waals surface area (Å²) >= 11 is 0. The number of hydrogen-bond acceptors (Lipinski definition) is 6. The Bertz CT molecular complexity index is 613. The van der Waals surface area contributed by atoms with E-state index >= 15 is 0 Å². The molecule has 0 radical (unpaired) electrons. The van der Waals surface area contributed by atoms with Crippen molar-refractivity contribution >= 4 is 22.9 Å². The number of nitrogens with one attached hydrogen (secondary N) is 3. The molecule has 1 saturated carbocycles. The maximum atomic E-state index is 4.52. The topological polar surface area (TPSA) is 81.8 Å². The maximum absolute atomic E-state index is 4.52. The van der Waals surface area contributed by atoms with Gasteiger partial charge in [-0.2, -0.15) is 9.97 Å². The average Bonchev–Trinajstić information content (AvgIpc) is 3.14. The molecule has 1 aliphatic rings. The lowest BCUT2D eigenvalue weighted by atomic mass is 9.96. The quantitative estimate of drug-likeness (QED) is 0.777. The van der Waals surface area contributed by atoms with E-state index in [1.807, 2.05) is 7.05 Å². The predicted molar refractivity (Wildman–Crippen MR) is 84.6 cm³/mol. The van der Waals surface area contributed by atoms with Gasteiger partial charge < -0.3 is 20.5 Å². The molecule has 3 rings (SSSR count). The molecule has 0 aliphatic heterocycles. The molecule has 0 atom stereocenters. The normalized spacial score (nSPS) is 17.5. The highest BCUT2D eigenvalue weighted by Crippen LogP contribution is 2.34. The molecule has 0 bridgehead atoms. The van der Waals surface area contributed by atoms with Gasteiger partial charge in [-0.1, -0.05) is 12.8 Å². The van der Waals surface area contributed by atoms with Crippen LogP contribution in [0.2, 0.25) is 0 Å². The summed E-state index contributed by atoms with van der Waals surface area (Å²) in [4.78, 5) is 18.5. The minimum absolute atomic E-state index is 0.219. The van der Waals surface area contributed by atoms with Gasteiger partial charge in [-0.05, 0) is 26.9 Å². The summed E-state index contributed by atoms with van der Waals surface area (Å²) in [6.07, 6.45) is 6.70. The van der Waals surface area contributed by atoms with Gasteiger partial charge in [0, 0.05) is 19.1 Å². The van der Waals surface area contributed by atoms with Gasteiger partial charge in [-0.25, -0.2) is 4.98 Å². The summed E-state index contributed by atoms with van der Waals surface area (Å²) in [6, 6.07) is 0. The van der Waals surface area contributed by atoms with E-state index in [-0.39, 0.29) is 5.54 Å². The molecular weight excluding hydrogens is 266 g/mol. The average molecular weight is 289 g/mol. The number of anilines is 2. The Morgan fingerprint density at radius 1 is 1.29 bits per heavy atom. The van der Waals surface area contributed by atoms with Gasteiger partial charge in [0.2, 0.25) is 5.95 Å². The van der Waals surface area contributed by atoms with Crippen LogP contribution in [0.3, 0.4) is 0 Å². The Kier molecular flexibility index (Phi) is 3.67. The number of aromatic amines is 1. The van der Waals surface area contributed by atoms with Crippen molar-refractivity contribution in [1.29, 1.82) is 0 Å². The zero-order valence-corrected chi connectivity index (χ0v) is 12.9. The minimum atomic E-state index is 0.219. The fourth-order valence-corrected chi connectivity index (χ4v) is 3.14. The Balaban J connectivity index is 1.85. The van der Waals surface area contributed by atoms with Crippen LogP contribution in [0.5, 0.6) is 0 Å². The second-order valence-corrected chi connectivity index (χ2v) is 5.93. The number of imidazole rings is 1.